The second-order valence-electron chi connectivity index (χ2n) is 3.13. The van der Waals surface area contributed by atoms with Crippen LogP contribution < -0.4 is 0 Å². The summed E-state index contributed by atoms with van der Waals surface area (Å²) >= 11 is 21.5. The van der Waals surface area contributed by atoms with Gasteiger partial charge in [-0.2, -0.15) is 0 Å². The van der Waals surface area contributed by atoms with Crippen LogP contribution in [-0.4, -0.2) is 4.98 Å². The third-order valence-corrected chi connectivity index (χ3v) is 4.04. The Balaban J connectivity index is 2.98. The van der Waals surface area contributed by atoms with Crippen molar-refractivity contribution in [3.63, 3.8) is 0 Å². The third-order valence-electron chi connectivity index (χ3n) is 2.02. The number of fused-ring (bicyclic) bond motifs is 1. The summed E-state index contributed by atoms with van der Waals surface area (Å²) in [5, 5.41) is 2.30. The van der Waals surface area contributed by atoms with Gasteiger partial charge in [0.15, 0.2) is 0 Å². The molecule has 0 atom stereocenters. The minimum atomic E-state index is 0.423. The van der Waals surface area contributed by atoms with Crippen molar-refractivity contribution in [1.29, 1.82) is 0 Å². The van der Waals surface area contributed by atoms with Gasteiger partial charge < -0.3 is 0 Å². The quantitative estimate of drug-likeness (QED) is 0.602. The van der Waals surface area contributed by atoms with Crippen LogP contribution in [0.3, 0.4) is 0 Å². The van der Waals surface area contributed by atoms with Gasteiger partial charge in [-0.15, -0.1) is 0 Å². The smallest absolute Gasteiger partial charge is 0.0922 e. The summed E-state index contributed by atoms with van der Waals surface area (Å²) in [6, 6.07) is 3.61. The number of hydrogen-bond donors (Lipinski definition) is 0. The van der Waals surface area contributed by atoms with E-state index >= 15 is 0 Å². The molecule has 1 heterocycles. The van der Waals surface area contributed by atoms with Crippen LogP contribution in [0.1, 0.15) is 5.69 Å². The standard InChI is InChI=1S/C10H5BrCl3N/c1-4-2-7(12)5-3-6(11)8(13)9(14)10(5)15-4/h2-3H,1H3. The maximum Gasteiger partial charge on any atom is 0.0922 e. The Hall–Kier alpha value is -0.0200. The molecule has 0 unspecified atom stereocenters. The third kappa shape index (κ3) is 1.96. The molecule has 0 saturated carbocycles. The molecule has 0 amide bonds. The molecule has 0 aliphatic rings. The number of rotatable bonds is 0. The van der Waals surface area contributed by atoms with Crippen molar-refractivity contribution < 1.29 is 0 Å². The number of aryl methyl sites for hydroxylation is 1. The fourth-order valence-corrected chi connectivity index (χ4v) is 2.58. The molecule has 0 aliphatic carbocycles. The normalized spacial score (nSPS) is 11.0. The van der Waals surface area contributed by atoms with Gasteiger partial charge in [-0.05, 0) is 35.0 Å². The first kappa shape index (κ1) is 11.5. The predicted molar refractivity (Wildman–Crippen MR) is 69.2 cm³/mol. The van der Waals surface area contributed by atoms with Crippen LogP contribution in [0.2, 0.25) is 15.1 Å². The molecule has 78 valence electrons. The van der Waals surface area contributed by atoms with Crippen molar-refractivity contribution in [1.82, 2.24) is 4.98 Å². The Labute approximate surface area is 110 Å². The van der Waals surface area contributed by atoms with E-state index in [1.807, 2.05) is 13.0 Å². The lowest BCUT2D eigenvalue weighted by molar-refractivity contribution is 1.25. The van der Waals surface area contributed by atoms with E-state index in [2.05, 4.69) is 20.9 Å². The average Bonchev–Trinajstić information content (AvgIpc) is 2.17. The molecule has 0 N–H and O–H groups in total. The lowest BCUT2D eigenvalue weighted by Crippen LogP contribution is -1.87. The second-order valence-corrected chi connectivity index (χ2v) is 5.15. The molecule has 1 nitrogen and oxygen atoms in total. The zero-order chi connectivity index (χ0) is 11.2. The highest BCUT2D eigenvalue weighted by atomic mass is 79.9. The first-order valence-corrected chi connectivity index (χ1v) is 6.03. The lowest BCUT2D eigenvalue weighted by atomic mass is 10.2. The molecule has 0 bridgehead atoms. The molecule has 0 fully saturated rings. The molecule has 1 aromatic carbocycles. The van der Waals surface area contributed by atoms with Crippen LogP contribution in [0.25, 0.3) is 10.9 Å². The van der Waals surface area contributed by atoms with E-state index in [0.29, 0.717) is 25.1 Å². The number of hydrogen-bond acceptors (Lipinski definition) is 1. The summed E-state index contributed by atoms with van der Waals surface area (Å²) in [5.74, 6) is 0. The van der Waals surface area contributed by atoms with Crippen molar-refractivity contribution >= 4 is 61.6 Å². The van der Waals surface area contributed by atoms with Crippen LogP contribution in [0, 0.1) is 6.92 Å². The molecule has 0 saturated heterocycles. The van der Waals surface area contributed by atoms with Gasteiger partial charge in [-0.25, -0.2) is 0 Å². The van der Waals surface area contributed by atoms with Crippen molar-refractivity contribution in [3.05, 3.63) is 37.4 Å². The predicted octanol–water partition coefficient (Wildman–Crippen LogP) is 5.27. The molecule has 0 spiro atoms. The van der Waals surface area contributed by atoms with E-state index in [1.165, 1.54) is 0 Å². The number of benzene rings is 1. The van der Waals surface area contributed by atoms with Crippen LogP contribution >= 0.6 is 50.7 Å². The molecule has 2 rings (SSSR count). The summed E-state index contributed by atoms with van der Waals surface area (Å²) in [7, 11) is 0. The Morgan fingerprint density at radius 1 is 1.13 bits per heavy atom. The Bertz CT molecular complexity index is 554. The summed E-state index contributed by atoms with van der Waals surface area (Å²) in [6.45, 7) is 1.86. The minimum absolute atomic E-state index is 0.423. The zero-order valence-electron chi connectivity index (χ0n) is 7.61. The van der Waals surface area contributed by atoms with Gasteiger partial charge in [0.05, 0.1) is 20.6 Å². The van der Waals surface area contributed by atoms with Gasteiger partial charge in [0.25, 0.3) is 0 Å². The Morgan fingerprint density at radius 3 is 2.47 bits per heavy atom. The maximum absolute atomic E-state index is 6.10. The van der Waals surface area contributed by atoms with Crippen LogP contribution in [-0.2, 0) is 0 Å². The van der Waals surface area contributed by atoms with E-state index in [-0.39, 0.29) is 0 Å². The molecular weight excluding hydrogens is 320 g/mol. The van der Waals surface area contributed by atoms with Gasteiger partial charge in [0.1, 0.15) is 0 Å². The van der Waals surface area contributed by atoms with Gasteiger partial charge in [0, 0.05) is 15.6 Å². The van der Waals surface area contributed by atoms with Gasteiger partial charge in [-0.1, -0.05) is 34.8 Å². The molecule has 15 heavy (non-hydrogen) atoms. The minimum Gasteiger partial charge on any atom is -0.251 e. The first-order valence-electron chi connectivity index (χ1n) is 4.11. The topological polar surface area (TPSA) is 12.9 Å². The maximum atomic E-state index is 6.10. The fourth-order valence-electron chi connectivity index (χ4n) is 1.35. The summed E-state index contributed by atoms with van der Waals surface area (Å²) in [5.41, 5.74) is 1.45. The fraction of sp³-hybridized carbons (Fsp3) is 0.100. The largest absolute Gasteiger partial charge is 0.251 e. The summed E-state index contributed by atoms with van der Waals surface area (Å²) < 4.78 is 0.717. The molecule has 2 aromatic rings. The lowest BCUT2D eigenvalue weighted by Gasteiger charge is -2.07. The van der Waals surface area contributed by atoms with Crippen molar-refractivity contribution in [2.45, 2.75) is 6.92 Å². The number of halogens is 4. The SMILES string of the molecule is Cc1cc(Cl)c2cc(Br)c(Cl)c(Cl)c2n1. The van der Waals surface area contributed by atoms with Crippen molar-refractivity contribution in [2.24, 2.45) is 0 Å². The number of aromatic nitrogens is 1. The van der Waals surface area contributed by atoms with Crippen LogP contribution in [0.5, 0.6) is 0 Å². The van der Waals surface area contributed by atoms with E-state index in [1.54, 1.807) is 6.07 Å². The Morgan fingerprint density at radius 2 is 1.80 bits per heavy atom. The van der Waals surface area contributed by atoms with Crippen LogP contribution in [0.15, 0.2) is 16.6 Å². The Kier molecular flexibility index (Phi) is 3.13. The van der Waals surface area contributed by atoms with Gasteiger partial charge >= 0.3 is 0 Å². The summed E-state index contributed by atoms with van der Waals surface area (Å²) in [6.07, 6.45) is 0. The summed E-state index contributed by atoms with van der Waals surface area (Å²) in [4.78, 5) is 4.32. The highest BCUT2D eigenvalue weighted by molar-refractivity contribution is 9.10. The molecule has 0 aliphatic heterocycles. The highest BCUT2D eigenvalue weighted by Crippen LogP contribution is 2.38. The van der Waals surface area contributed by atoms with Crippen molar-refractivity contribution in [3.8, 4) is 0 Å². The van der Waals surface area contributed by atoms with E-state index in [0.717, 1.165) is 11.1 Å². The molecule has 0 radical (unpaired) electrons. The number of pyridine rings is 1. The molecule has 5 heteroatoms. The van der Waals surface area contributed by atoms with Crippen LogP contribution in [0.4, 0.5) is 0 Å². The highest BCUT2D eigenvalue weighted by Gasteiger charge is 2.12. The zero-order valence-corrected chi connectivity index (χ0v) is 11.5. The van der Waals surface area contributed by atoms with Gasteiger partial charge in [-0.3, -0.25) is 4.98 Å². The van der Waals surface area contributed by atoms with E-state index < -0.39 is 0 Å². The van der Waals surface area contributed by atoms with E-state index in [9.17, 15) is 0 Å². The first-order chi connectivity index (χ1) is 7.00. The number of nitrogens with zero attached hydrogens (tertiary/aromatic N) is 1. The monoisotopic (exact) mass is 323 g/mol. The molecular formula is C10H5BrCl3N. The average molecular weight is 325 g/mol. The van der Waals surface area contributed by atoms with Gasteiger partial charge in [0.2, 0.25) is 0 Å². The van der Waals surface area contributed by atoms with E-state index in [4.69, 9.17) is 34.8 Å². The molecule has 1 aromatic heterocycles. The second kappa shape index (κ2) is 4.10. The van der Waals surface area contributed by atoms with Crippen molar-refractivity contribution in [2.75, 3.05) is 0 Å².